The van der Waals surface area contributed by atoms with Gasteiger partial charge in [-0.15, -0.1) is 11.3 Å². The number of hydrogen-bond donors (Lipinski definition) is 1. The molecule has 0 fully saturated rings. The van der Waals surface area contributed by atoms with Gasteiger partial charge in [0.25, 0.3) is 0 Å². The molecule has 0 saturated carbocycles. The van der Waals surface area contributed by atoms with Gasteiger partial charge in [0.15, 0.2) is 0 Å². The van der Waals surface area contributed by atoms with Crippen molar-refractivity contribution in [3.63, 3.8) is 0 Å². The third-order valence-corrected chi connectivity index (χ3v) is 4.50. The highest BCUT2D eigenvalue weighted by Gasteiger charge is 2.24. The molecule has 3 rings (SSSR count). The van der Waals surface area contributed by atoms with E-state index in [1.54, 1.807) is 11.3 Å². The zero-order valence-electron chi connectivity index (χ0n) is 11.5. The van der Waals surface area contributed by atoms with Crippen LogP contribution in [-0.2, 0) is 11.2 Å². The molecule has 1 amide bonds. The summed E-state index contributed by atoms with van der Waals surface area (Å²) in [5.41, 5.74) is 2.33. The lowest BCUT2D eigenvalue weighted by atomic mass is 10.1. The topological polar surface area (TPSA) is 52.9 Å². The van der Waals surface area contributed by atoms with E-state index in [1.807, 2.05) is 46.7 Å². The molecule has 1 aromatic carbocycles. The third-order valence-electron chi connectivity index (χ3n) is 3.63. The van der Waals surface area contributed by atoms with Gasteiger partial charge in [0, 0.05) is 17.0 Å². The van der Waals surface area contributed by atoms with E-state index >= 15 is 0 Å². The van der Waals surface area contributed by atoms with Crippen LogP contribution in [0.15, 0.2) is 46.9 Å². The highest BCUT2D eigenvalue weighted by atomic mass is 32.1. The van der Waals surface area contributed by atoms with Crippen molar-refractivity contribution in [3.8, 4) is 0 Å². The molecule has 4 nitrogen and oxygen atoms in total. The first-order chi connectivity index (χ1) is 10.3. The van der Waals surface area contributed by atoms with Gasteiger partial charge in [0.1, 0.15) is 0 Å². The average Bonchev–Trinajstić information content (AvgIpc) is 2.93. The van der Waals surface area contributed by atoms with Crippen molar-refractivity contribution < 1.29 is 10.0 Å². The van der Waals surface area contributed by atoms with Gasteiger partial charge >= 0.3 is 0 Å². The van der Waals surface area contributed by atoms with E-state index in [1.165, 1.54) is 0 Å². The number of oxime groups is 1. The van der Waals surface area contributed by atoms with Crippen LogP contribution in [0.1, 0.15) is 23.3 Å². The molecule has 0 bridgehead atoms. The molecule has 2 heterocycles. The van der Waals surface area contributed by atoms with E-state index in [9.17, 15) is 10.0 Å². The van der Waals surface area contributed by atoms with E-state index in [-0.39, 0.29) is 5.91 Å². The molecule has 0 unspecified atom stereocenters. The Balaban J connectivity index is 1.93. The monoisotopic (exact) mass is 300 g/mol. The van der Waals surface area contributed by atoms with Crippen LogP contribution in [0, 0.1) is 0 Å². The maximum atomic E-state index is 12.6. The number of benzene rings is 1. The van der Waals surface area contributed by atoms with Gasteiger partial charge in [0.05, 0.1) is 17.8 Å². The zero-order chi connectivity index (χ0) is 14.7. The largest absolute Gasteiger partial charge is 0.411 e. The highest BCUT2D eigenvalue weighted by Crippen LogP contribution is 2.27. The summed E-state index contributed by atoms with van der Waals surface area (Å²) >= 11 is 1.60. The lowest BCUT2D eigenvalue weighted by Crippen LogP contribution is -2.32. The van der Waals surface area contributed by atoms with Gasteiger partial charge < -0.3 is 10.1 Å². The quantitative estimate of drug-likeness (QED) is 0.683. The second kappa shape index (κ2) is 6.10. The van der Waals surface area contributed by atoms with Gasteiger partial charge in [-0.05, 0) is 30.4 Å². The van der Waals surface area contributed by atoms with Crippen molar-refractivity contribution in [2.24, 2.45) is 5.16 Å². The SMILES string of the molecule is O=C(Cc1cccs1)N1CCC/C(=N/O)c2ccccc21. The number of amides is 1. The smallest absolute Gasteiger partial charge is 0.232 e. The number of nitrogens with zero attached hydrogens (tertiary/aromatic N) is 2. The van der Waals surface area contributed by atoms with Crippen molar-refractivity contribution in [2.45, 2.75) is 19.3 Å². The maximum Gasteiger partial charge on any atom is 0.232 e. The number of rotatable bonds is 2. The van der Waals surface area contributed by atoms with Crippen LogP contribution in [0.2, 0.25) is 0 Å². The first-order valence-corrected chi connectivity index (χ1v) is 7.80. The summed E-state index contributed by atoms with van der Waals surface area (Å²) in [4.78, 5) is 15.5. The Kier molecular flexibility index (Phi) is 4.01. The molecule has 0 saturated heterocycles. The summed E-state index contributed by atoms with van der Waals surface area (Å²) < 4.78 is 0. The van der Waals surface area contributed by atoms with Gasteiger partial charge in [-0.1, -0.05) is 29.4 Å². The van der Waals surface area contributed by atoms with Crippen LogP contribution in [-0.4, -0.2) is 23.4 Å². The fourth-order valence-electron chi connectivity index (χ4n) is 2.63. The van der Waals surface area contributed by atoms with Crippen LogP contribution >= 0.6 is 11.3 Å². The molecule has 21 heavy (non-hydrogen) atoms. The summed E-state index contributed by atoms with van der Waals surface area (Å²) in [6, 6.07) is 11.6. The van der Waals surface area contributed by atoms with E-state index < -0.39 is 0 Å². The van der Waals surface area contributed by atoms with E-state index in [2.05, 4.69) is 5.16 Å². The fourth-order valence-corrected chi connectivity index (χ4v) is 3.33. The van der Waals surface area contributed by atoms with Crippen LogP contribution in [0.3, 0.4) is 0 Å². The second-order valence-corrected chi connectivity index (χ2v) is 6.00. The molecule has 1 aliphatic rings. The van der Waals surface area contributed by atoms with E-state index in [4.69, 9.17) is 0 Å². The number of thiophene rings is 1. The summed E-state index contributed by atoms with van der Waals surface area (Å²) in [6.07, 6.45) is 1.89. The van der Waals surface area contributed by atoms with Crippen LogP contribution < -0.4 is 4.90 Å². The molecule has 0 atom stereocenters. The first-order valence-electron chi connectivity index (χ1n) is 6.92. The van der Waals surface area contributed by atoms with Crippen molar-refractivity contribution in [3.05, 3.63) is 52.2 Å². The first kappa shape index (κ1) is 13.8. The summed E-state index contributed by atoms with van der Waals surface area (Å²) in [5, 5.41) is 14.6. The van der Waals surface area contributed by atoms with Crippen LogP contribution in [0.4, 0.5) is 5.69 Å². The Morgan fingerprint density at radius 2 is 2.14 bits per heavy atom. The summed E-state index contributed by atoms with van der Waals surface area (Å²) in [6.45, 7) is 0.653. The standard InChI is InChI=1S/C16H16N2O2S/c19-16(11-12-5-4-10-21-12)18-9-3-7-14(17-20)13-6-1-2-8-15(13)18/h1-2,4-6,8,10,20H,3,7,9,11H2/b17-14-. The van der Waals surface area contributed by atoms with Crippen molar-refractivity contribution in [1.82, 2.24) is 0 Å². The lowest BCUT2D eigenvalue weighted by molar-refractivity contribution is -0.117. The maximum absolute atomic E-state index is 12.6. The Hall–Kier alpha value is -2.14. The zero-order valence-corrected chi connectivity index (χ0v) is 12.3. The summed E-state index contributed by atoms with van der Waals surface area (Å²) in [5.74, 6) is 0.0871. The number of hydrogen-bond acceptors (Lipinski definition) is 4. The van der Waals surface area contributed by atoms with Crippen molar-refractivity contribution in [1.29, 1.82) is 0 Å². The second-order valence-electron chi connectivity index (χ2n) is 4.97. The Bertz CT molecular complexity index is 665. The molecule has 1 N–H and O–H groups in total. The Morgan fingerprint density at radius 3 is 2.90 bits per heavy atom. The van der Waals surface area contributed by atoms with Crippen LogP contribution in [0.25, 0.3) is 0 Å². The third kappa shape index (κ3) is 2.83. The fraction of sp³-hybridized carbons (Fsp3) is 0.250. The normalized spacial score (nSPS) is 16.6. The number of anilines is 1. The Morgan fingerprint density at radius 1 is 1.29 bits per heavy atom. The molecule has 108 valence electrons. The molecule has 1 aromatic heterocycles. The van der Waals surface area contributed by atoms with Gasteiger partial charge in [0.2, 0.25) is 5.91 Å². The minimum atomic E-state index is 0.0871. The van der Waals surface area contributed by atoms with E-state index in [0.29, 0.717) is 25.1 Å². The van der Waals surface area contributed by atoms with E-state index in [0.717, 1.165) is 22.5 Å². The molecule has 0 aliphatic carbocycles. The number of carbonyl (C=O) groups is 1. The van der Waals surface area contributed by atoms with Crippen LogP contribution in [0.5, 0.6) is 0 Å². The molecule has 1 aliphatic heterocycles. The molecule has 0 spiro atoms. The Labute approximate surface area is 127 Å². The van der Waals surface area contributed by atoms with Gasteiger partial charge in [-0.25, -0.2) is 0 Å². The average molecular weight is 300 g/mol. The predicted octanol–water partition coefficient (Wildman–Crippen LogP) is 3.30. The molecule has 0 radical (unpaired) electrons. The van der Waals surface area contributed by atoms with Gasteiger partial charge in [-0.3, -0.25) is 4.79 Å². The molecule has 5 heteroatoms. The lowest BCUT2D eigenvalue weighted by Gasteiger charge is -2.22. The molecule has 2 aromatic rings. The van der Waals surface area contributed by atoms with Crippen molar-refractivity contribution in [2.75, 3.05) is 11.4 Å². The van der Waals surface area contributed by atoms with Gasteiger partial charge in [-0.2, -0.15) is 0 Å². The summed E-state index contributed by atoms with van der Waals surface area (Å²) in [7, 11) is 0. The highest BCUT2D eigenvalue weighted by molar-refractivity contribution is 7.10. The predicted molar refractivity (Wildman–Crippen MR) is 84.4 cm³/mol. The molecular formula is C16H16N2O2S. The number of fused-ring (bicyclic) bond motifs is 1. The molecular weight excluding hydrogens is 284 g/mol. The number of para-hydroxylation sites is 1. The van der Waals surface area contributed by atoms with Crippen molar-refractivity contribution >= 4 is 28.6 Å². The minimum Gasteiger partial charge on any atom is -0.411 e. The minimum absolute atomic E-state index is 0.0871. The number of carbonyl (C=O) groups excluding carboxylic acids is 1.